The number of halogens is 3. The van der Waals surface area contributed by atoms with E-state index in [1.807, 2.05) is 0 Å². The summed E-state index contributed by atoms with van der Waals surface area (Å²) < 4.78 is 14.1. The van der Waals surface area contributed by atoms with Gasteiger partial charge in [0.1, 0.15) is 5.82 Å². The lowest BCUT2D eigenvalue weighted by Crippen LogP contribution is -2.37. The van der Waals surface area contributed by atoms with E-state index in [-0.39, 0.29) is 25.5 Å². The van der Waals surface area contributed by atoms with Gasteiger partial charge in [-0.05, 0) is 41.8 Å². The maximum Gasteiger partial charge on any atom is 0.124 e. The summed E-state index contributed by atoms with van der Waals surface area (Å²) in [4.78, 5) is 0. The average Bonchev–Trinajstić information content (AvgIpc) is 2.44. The molecule has 0 fully saturated rings. The van der Waals surface area contributed by atoms with Gasteiger partial charge in [-0.15, -0.1) is 0 Å². The SMILES string of the molecule is OCC(CO)(Cc1cc(F)cc(Br)c1)c1ccccc1Cl. The molecule has 0 radical (unpaired) electrons. The molecule has 0 unspecified atom stereocenters. The molecule has 0 spiro atoms. The van der Waals surface area contributed by atoms with Crippen LogP contribution in [0.3, 0.4) is 0 Å². The Bertz CT molecular complexity index is 609. The smallest absolute Gasteiger partial charge is 0.124 e. The lowest BCUT2D eigenvalue weighted by Gasteiger charge is -2.31. The summed E-state index contributed by atoms with van der Waals surface area (Å²) in [5, 5.41) is 20.1. The zero-order valence-electron chi connectivity index (χ0n) is 11.2. The molecule has 0 saturated carbocycles. The predicted octanol–water partition coefficient (Wildman–Crippen LogP) is 3.71. The highest BCUT2D eigenvalue weighted by Gasteiger charge is 2.33. The van der Waals surface area contributed by atoms with Crippen molar-refractivity contribution in [3.63, 3.8) is 0 Å². The van der Waals surface area contributed by atoms with Crippen LogP contribution in [0.1, 0.15) is 11.1 Å². The summed E-state index contributed by atoms with van der Waals surface area (Å²) in [6.07, 6.45) is 0.278. The van der Waals surface area contributed by atoms with Crippen LogP contribution in [0, 0.1) is 5.82 Å². The van der Waals surface area contributed by atoms with Gasteiger partial charge in [0, 0.05) is 14.9 Å². The Morgan fingerprint density at radius 3 is 2.33 bits per heavy atom. The lowest BCUT2D eigenvalue weighted by molar-refractivity contribution is 0.116. The molecule has 2 nitrogen and oxygen atoms in total. The molecule has 0 heterocycles. The summed E-state index contributed by atoms with van der Waals surface area (Å²) in [7, 11) is 0. The fraction of sp³-hybridized carbons (Fsp3) is 0.250. The third-order valence-corrected chi connectivity index (χ3v) is 4.30. The molecule has 5 heteroatoms. The second kappa shape index (κ2) is 6.88. The largest absolute Gasteiger partial charge is 0.395 e. The van der Waals surface area contributed by atoms with Gasteiger partial charge < -0.3 is 10.2 Å². The monoisotopic (exact) mass is 372 g/mol. The number of aliphatic hydroxyl groups is 2. The zero-order chi connectivity index (χ0) is 15.5. The molecule has 2 aromatic carbocycles. The van der Waals surface area contributed by atoms with E-state index in [2.05, 4.69) is 15.9 Å². The van der Waals surface area contributed by atoms with Crippen molar-refractivity contribution < 1.29 is 14.6 Å². The Labute approximate surface area is 136 Å². The van der Waals surface area contributed by atoms with Crippen molar-refractivity contribution in [2.75, 3.05) is 13.2 Å². The molecule has 2 aromatic rings. The molecule has 0 aromatic heterocycles. The van der Waals surface area contributed by atoms with Crippen molar-refractivity contribution in [1.29, 1.82) is 0 Å². The second-order valence-corrected chi connectivity index (χ2v) is 6.35. The molecule has 2 rings (SSSR count). The quantitative estimate of drug-likeness (QED) is 0.839. The predicted molar refractivity (Wildman–Crippen MR) is 85.1 cm³/mol. The molecule has 0 aliphatic rings. The van der Waals surface area contributed by atoms with Crippen molar-refractivity contribution in [2.45, 2.75) is 11.8 Å². The van der Waals surface area contributed by atoms with E-state index >= 15 is 0 Å². The van der Waals surface area contributed by atoms with E-state index in [4.69, 9.17) is 11.6 Å². The van der Waals surface area contributed by atoms with Crippen molar-refractivity contribution in [2.24, 2.45) is 0 Å². The minimum absolute atomic E-state index is 0.278. The number of hydrogen-bond acceptors (Lipinski definition) is 2. The van der Waals surface area contributed by atoms with Crippen LogP contribution in [-0.4, -0.2) is 23.4 Å². The van der Waals surface area contributed by atoms with E-state index in [0.29, 0.717) is 20.6 Å². The third kappa shape index (κ3) is 3.64. The first kappa shape index (κ1) is 16.4. The van der Waals surface area contributed by atoms with Gasteiger partial charge >= 0.3 is 0 Å². The standard InChI is InChI=1S/C16H15BrClFO2/c17-12-5-11(6-13(19)7-12)8-16(9-20,10-21)14-3-1-2-4-15(14)18/h1-7,20-21H,8-10H2. The molecule has 0 aliphatic heterocycles. The highest BCUT2D eigenvalue weighted by molar-refractivity contribution is 9.10. The first-order valence-electron chi connectivity index (χ1n) is 6.42. The van der Waals surface area contributed by atoms with E-state index < -0.39 is 5.41 Å². The minimum Gasteiger partial charge on any atom is -0.395 e. The number of aliphatic hydroxyl groups excluding tert-OH is 2. The molecule has 0 atom stereocenters. The Morgan fingerprint density at radius 1 is 1.10 bits per heavy atom. The average molecular weight is 374 g/mol. The van der Waals surface area contributed by atoms with Crippen molar-refractivity contribution in [3.8, 4) is 0 Å². The Balaban J connectivity index is 2.45. The van der Waals surface area contributed by atoms with Crippen LogP contribution in [0.2, 0.25) is 5.02 Å². The van der Waals surface area contributed by atoms with Crippen molar-refractivity contribution in [1.82, 2.24) is 0 Å². The summed E-state index contributed by atoms with van der Waals surface area (Å²) in [6.45, 7) is -0.581. The summed E-state index contributed by atoms with van der Waals surface area (Å²) in [6, 6.07) is 11.6. The fourth-order valence-electron chi connectivity index (χ4n) is 2.42. The first-order valence-corrected chi connectivity index (χ1v) is 7.59. The Hall–Kier alpha value is -0.940. The number of hydrogen-bond donors (Lipinski definition) is 2. The van der Waals surface area contributed by atoms with Gasteiger partial charge in [-0.3, -0.25) is 0 Å². The first-order chi connectivity index (χ1) is 10.0. The van der Waals surface area contributed by atoms with Crippen LogP contribution in [-0.2, 0) is 11.8 Å². The van der Waals surface area contributed by atoms with Gasteiger partial charge in [-0.25, -0.2) is 4.39 Å². The molecule has 0 aliphatic carbocycles. The van der Waals surface area contributed by atoms with Gasteiger partial charge in [0.15, 0.2) is 0 Å². The van der Waals surface area contributed by atoms with Crippen LogP contribution in [0.15, 0.2) is 46.9 Å². The highest BCUT2D eigenvalue weighted by Crippen LogP contribution is 2.33. The summed E-state index contributed by atoms with van der Waals surface area (Å²) in [5.41, 5.74) is 0.368. The zero-order valence-corrected chi connectivity index (χ0v) is 13.5. The van der Waals surface area contributed by atoms with Gasteiger partial charge in [0.05, 0.1) is 13.2 Å². The maximum atomic E-state index is 13.5. The normalized spacial score (nSPS) is 11.7. The Kier molecular flexibility index (Phi) is 5.38. The number of rotatable bonds is 5. The van der Waals surface area contributed by atoms with E-state index in [0.717, 1.165) is 0 Å². The Morgan fingerprint density at radius 2 is 1.76 bits per heavy atom. The van der Waals surface area contributed by atoms with Crippen LogP contribution in [0.4, 0.5) is 4.39 Å². The van der Waals surface area contributed by atoms with Crippen molar-refractivity contribution >= 4 is 27.5 Å². The maximum absolute atomic E-state index is 13.5. The van der Waals surface area contributed by atoms with Gasteiger partial charge in [0.2, 0.25) is 0 Å². The topological polar surface area (TPSA) is 40.5 Å². The van der Waals surface area contributed by atoms with E-state index in [1.165, 1.54) is 12.1 Å². The van der Waals surface area contributed by atoms with E-state index in [9.17, 15) is 14.6 Å². The molecule has 0 saturated heterocycles. The molecular weight excluding hydrogens is 359 g/mol. The van der Waals surface area contributed by atoms with Crippen LogP contribution < -0.4 is 0 Å². The van der Waals surface area contributed by atoms with Gasteiger partial charge in [-0.1, -0.05) is 45.7 Å². The van der Waals surface area contributed by atoms with Crippen LogP contribution in [0.25, 0.3) is 0 Å². The van der Waals surface area contributed by atoms with Crippen LogP contribution >= 0.6 is 27.5 Å². The van der Waals surface area contributed by atoms with Crippen LogP contribution in [0.5, 0.6) is 0 Å². The van der Waals surface area contributed by atoms with Gasteiger partial charge in [0.25, 0.3) is 0 Å². The fourth-order valence-corrected chi connectivity index (χ4v) is 3.27. The molecular formula is C16H15BrClFO2. The lowest BCUT2D eigenvalue weighted by atomic mass is 9.77. The molecule has 2 N–H and O–H groups in total. The van der Waals surface area contributed by atoms with E-state index in [1.54, 1.807) is 30.3 Å². The molecule has 112 valence electrons. The highest BCUT2D eigenvalue weighted by atomic mass is 79.9. The minimum atomic E-state index is -0.953. The summed E-state index contributed by atoms with van der Waals surface area (Å²) in [5.74, 6) is -0.372. The third-order valence-electron chi connectivity index (χ3n) is 3.52. The van der Waals surface area contributed by atoms with Crippen molar-refractivity contribution in [3.05, 3.63) is 68.9 Å². The summed E-state index contributed by atoms with van der Waals surface area (Å²) >= 11 is 9.43. The number of benzene rings is 2. The molecule has 21 heavy (non-hydrogen) atoms. The van der Waals surface area contributed by atoms with Gasteiger partial charge in [-0.2, -0.15) is 0 Å². The molecule has 0 amide bonds. The molecule has 0 bridgehead atoms. The second-order valence-electron chi connectivity index (χ2n) is 5.03.